The Hall–Kier alpha value is -0.991. The van der Waals surface area contributed by atoms with Gasteiger partial charge in [0.15, 0.2) is 5.78 Å². The molecule has 1 saturated heterocycles. The van der Waals surface area contributed by atoms with Crippen molar-refractivity contribution in [2.45, 2.75) is 26.1 Å². The van der Waals surface area contributed by atoms with E-state index in [2.05, 4.69) is 20.0 Å². The van der Waals surface area contributed by atoms with E-state index in [0.717, 1.165) is 45.0 Å². The predicted molar refractivity (Wildman–Crippen MR) is 108 cm³/mol. The summed E-state index contributed by atoms with van der Waals surface area (Å²) in [6.07, 6.45) is -1.28. The Labute approximate surface area is 185 Å². The van der Waals surface area contributed by atoms with Gasteiger partial charge in [-0.15, -0.1) is 12.2 Å². The van der Waals surface area contributed by atoms with Crippen LogP contribution in [-0.2, 0) is 21.9 Å². The van der Waals surface area contributed by atoms with Crippen molar-refractivity contribution in [2.75, 3.05) is 70.8 Å². The van der Waals surface area contributed by atoms with Gasteiger partial charge in [0, 0.05) is 45.0 Å². The second-order valence-electron chi connectivity index (χ2n) is 7.76. The van der Waals surface area contributed by atoms with Crippen molar-refractivity contribution in [2.24, 2.45) is 0 Å². The van der Waals surface area contributed by atoms with Crippen LogP contribution in [0.4, 0.5) is 5.69 Å². The number of rotatable bonds is 9. The number of ketones is 1. The van der Waals surface area contributed by atoms with E-state index in [-0.39, 0.29) is 22.9 Å². The first-order valence-electron chi connectivity index (χ1n) is 10.2. The zero-order chi connectivity index (χ0) is 20.4. The molecule has 2 rings (SSSR count). The third kappa shape index (κ3) is 11.1. The van der Waals surface area contributed by atoms with E-state index in [0.29, 0.717) is 26.2 Å². The van der Waals surface area contributed by atoms with Crippen LogP contribution >= 0.6 is 0 Å². The number of anilines is 1. The van der Waals surface area contributed by atoms with E-state index in [1.165, 1.54) is 0 Å². The Morgan fingerprint density at radius 3 is 1.79 bits per heavy atom. The molecule has 1 aromatic rings. The third-order valence-electron chi connectivity index (χ3n) is 4.89. The summed E-state index contributed by atoms with van der Waals surface area (Å²) < 4.78 is 0. The van der Waals surface area contributed by atoms with Gasteiger partial charge in [-0.2, -0.15) is 0 Å². The summed E-state index contributed by atoms with van der Waals surface area (Å²) in [4.78, 5) is 18.9. The number of nitrogens with one attached hydrogen (secondary N) is 1. The van der Waals surface area contributed by atoms with Gasteiger partial charge in [0.1, 0.15) is 0 Å². The Morgan fingerprint density at radius 1 is 0.897 bits per heavy atom. The molecule has 0 unspecified atom stereocenters. The van der Waals surface area contributed by atoms with Gasteiger partial charge in [-0.1, -0.05) is 32.0 Å². The molecule has 0 amide bonds. The normalized spacial score (nSPS) is 19.3. The molecule has 0 aliphatic carbocycles. The van der Waals surface area contributed by atoms with Crippen molar-refractivity contribution in [3.8, 4) is 0 Å². The molecule has 0 bridgehead atoms. The number of carbonyl (C=O) groups excluding carboxylic acids is 1. The minimum Gasteiger partial charge on any atom is -0.851 e. The molecular weight excluding hydrogens is 412 g/mol. The van der Waals surface area contributed by atoms with E-state index in [1.807, 2.05) is 30.3 Å². The monoisotopic (exact) mass is 446 g/mol. The largest absolute Gasteiger partial charge is 6.00 e. The van der Waals surface area contributed by atoms with Crippen LogP contribution in [0.25, 0.3) is 0 Å². The van der Waals surface area contributed by atoms with E-state index in [1.54, 1.807) is 13.8 Å². The van der Waals surface area contributed by atoms with Crippen LogP contribution in [-0.4, -0.2) is 98.1 Å². The summed E-state index contributed by atoms with van der Waals surface area (Å²) >= 11 is 0. The zero-order valence-corrected chi connectivity index (χ0v) is 18.6. The number of Topliss-reactive ketones (excluding diaryl/α,β-unsaturated/α-hetero) is 1. The summed E-state index contributed by atoms with van der Waals surface area (Å²) in [5.41, 5.74) is 0.937. The van der Waals surface area contributed by atoms with Crippen molar-refractivity contribution < 1.29 is 32.1 Å². The predicted octanol–water partition coefficient (Wildman–Crippen LogP) is -0.918. The van der Waals surface area contributed by atoms with Gasteiger partial charge in [0.2, 0.25) is 0 Å². The molecule has 7 nitrogen and oxygen atoms in total. The summed E-state index contributed by atoms with van der Waals surface area (Å²) in [6, 6.07) is 9.70. The molecule has 1 aliphatic heterocycles. The second-order valence-corrected chi connectivity index (χ2v) is 7.76. The minimum atomic E-state index is -0.641. The Bertz CT molecular complexity index is 552. The quantitative estimate of drug-likeness (QED) is 0.492. The molecule has 29 heavy (non-hydrogen) atoms. The van der Waals surface area contributed by atoms with Gasteiger partial charge in [-0.3, -0.25) is 9.69 Å². The number of hydrogen-bond acceptors (Lipinski definition) is 7. The number of hydrogen-bond donors (Lipinski definition) is 1. The van der Waals surface area contributed by atoms with Crippen LogP contribution in [0.5, 0.6) is 0 Å². The minimum absolute atomic E-state index is 0. The molecule has 1 N–H and O–H groups in total. The van der Waals surface area contributed by atoms with Crippen LogP contribution < -0.4 is 15.5 Å². The maximum absolute atomic E-state index is 12.5. The third-order valence-corrected chi connectivity index (χ3v) is 4.89. The van der Waals surface area contributed by atoms with Gasteiger partial charge >= 0.3 is 17.1 Å². The topological polar surface area (TPSA) is 84.9 Å². The maximum Gasteiger partial charge on any atom is 6.00 e. The van der Waals surface area contributed by atoms with Gasteiger partial charge in [-0.25, -0.2) is 0 Å². The smallest absolute Gasteiger partial charge is 0.851 e. The zero-order valence-electron chi connectivity index (χ0n) is 17.5. The molecule has 1 fully saturated rings. The number of carbonyl (C=O) groups is 1. The fourth-order valence-corrected chi connectivity index (χ4v) is 3.50. The van der Waals surface area contributed by atoms with E-state index >= 15 is 0 Å². The first kappa shape index (κ1) is 26.0. The van der Waals surface area contributed by atoms with Crippen molar-refractivity contribution in [3.63, 3.8) is 0 Å². The molecule has 1 aromatic carbocycles. The molecule has 1 heterocycles. The van der Waals surface area contributed by atoms with Gasteiger partial charge in [0.05, 0.1) is 13.1 Å². The molecular formula is C21H34FeN4O3+4. The first-order valence-corrected chi connectivity index (χ1v) is 10.2. The Balaban J connectivity index is 0.00000420. The Morgan fingerprint density at radius 2 is 1.34 bits per heavy atom. The molecule has 0 saturated carbocycles. The SMILES string of the molecule is C[C@H]([O-])CN1CCN(CC(=O)CNc2ccccc2)CCN(C[C@H](C)[O-])CC1.[Fe+6]. The molecule has 1 aliphatic rings. The van der Waals surface area contributed by atoms with E-state index in [4.69, 9.17) is 0 Å². The van der Waals surface area contributed by atoms with Crippen LogP contribution in [0.15, 0.2) is 30.3 Å². The van der Waals surface area contributed by atoms with E-state index in [9.17, 15) is 15.0 Å². The number of para-hydroxylation sites is 1. The Kier molecular flexibility index (Phi) is 12.7. The van der Waals surface area contributed by atoms with Crippen molar-refractivity contribution in [3.05, 3.63) is 30.3 Å². The standard InChI is InChI=1S/C21H34N4O3.Fe/c1-18(26)15-23-8-9-24(16-19(2)27)11-13-25(12-10-23)17-21(28)14-22-20-6-4-3-5-7-20;/h3-7,18-19,22H,8-17H2,1-2H3;/q-2;+6/t18-,19-;/m0./s1. The second kappa shape index (κ2) is 14.1. The molecule has 0 aromatic heterocycles. The molecule has 0 radical (unpaired) electrons. The van der Waals surface area contributed by atoms with Gasteiger partial charge in [0.25, 0.3) is 0 Å². The summed E-state index contributed by atoms with van der Waals surface area (Å²) in [6.45, 7) is 9.66. The van der Waals surface area contributed by atoms with Crippen LogP contribution in [0.2, 0.25) is 0 Å². The summed E-state index contributed by atoms with van der Waals surface area (Å²) in [7, 11) is 0. The average Bonchev–Trinajstić information content (AvgIpc) is 2.73. The molecule has 8 heteroatoms. The number of benzene rings is 1. The van der Waals surface area contributed by atoms with Crippen LogP contribution in [0.1, 0.15) is 13.8 Å². The van der Waals surface area contributed by atoms with Crippen molar-refractivity contribution in [1.29, 1.82) is 0 Å². The summed E-state index contributed by atoms with van der Waals surface area (Å²) in [5, 5.41) is 26.4. The van der Waals surface area contributed by atoms with Gasteiger partial charge < -0.3 is 25.3 Å². The van der Waals surface area contributed by atoms with Crippen LogP contribution in [0, 0.1) is 0 Å². The fraction of sp³-hybridized carbons (Fsp3) is 0.667. The number of nitrogens with zero attached hydrogens (tertiary/aromatic N) is 3. The molecule has 0 spiro atoms. The summed E-state index contributed by atoms with van der Waals surface area (Å²) in [5.74, 6) is 0.135. The maximum atomic E-state index is 12.5. The first-order chi connectivity index (χ1) is 13.4. The van der Waals surface area contributed by atoms with Gasteiger partial charge in [-0.05, 0) is 25.2 Å². The van der Waals surface area contributed by atoms with Crippen LogP contribution in [0.3, 0.4) is 0 Å². The fourth-order valence-electron chi connectivity index (χ4n) is 3.50. The van der Waals surface area contributed by atoms with Crippen molar-refractivity contribution in [1.82, 2.24) is 14.7 Å². The molecule has 2 atom stereocenters. The average molecular weight is 446 g/mol. The molecule has 160 valence electrons. The van der Waals surface area contributed by atoms with E-state index < -0.39 is 12.2 Å². The van der Waals surface area contributed by atoms with Crippen molar-refractivity contribution >= 4 is 11.5 Å².